The van der Waals surface area contributed by atoms with Gasteiger partial charge in [-0.05, 0) is 27.2 Å². The van der Waals surface area contributed by atoms with Crippen LogP contribution >= 0.6 is 0 Å². The molecular weight excluding hydrogens is 338 g/mol. The van der Waals surface area contributed by atoms with Crippen LogP contribution in [0.1, 0.15) is 37.7 Å². The van der Waals surface area contributed by atoms with Crippen LogP contribution in [0.3, 0.4) is 0 Å². The molecule has 3 rings (SSSR count). The number of esters is 1. The molecule has 0 bridgehead atoms. The van der Waals surface area contributed by atoms with E-state index in [9.17, 15) is 14.4 Å². The largest absolute Gasteiger partial charge is 0.467 e. The van der Waals surface area contributed by atoms with E-state index in [0.717, 1.165) is 28.9 Å². The summed E-state index contributed by atoms with van der Waals surface area (Å²) >= 11 is 0. The fourth-order valence-corrected chi connectivity index (χ4v) is 3.39. The second kappa shape index (κ2) is 6.15. The average molecular weight is 361 g/mol. The van der Waals surface area contributed by atoms with E-state index in [0.29, 0.717) is 11.4 Å². The summed E-state index contributed by atoms with van der Waals surface area (Å²) in [6.45, 7) is 8.18. The summed E-state index contributed by atoms with van der Waals surface area (Å²) in [7, 11) is 2.77. The Bertz CT molecular complexity index is 1140. The molecule has 0 aliphatic rings. The third-order valence-corrected chi connectivity index (χ3v) is 4.96. The van der Waals surface area contributed by atoms with Crippen molar-refractivity contribution in [2.24, 2.45) is 7.05 Å². The molecule has 0 saturated heterocycles. The van der Waals surface area contributed by atoms with Crippen molar-refractivity contribution >= 4 is 22.9 Å². The summed E-state index contributed by atoms with van der Waals surface area (Å²) in [5, 5.41) is 0. The number of hydrogen-bond acceptors (Lipinski definition) is 5. The first kappa shape index (κ1) is 18.0. The van der Waals surface area contributed by atoms with Gasteiger partial charge in [0.15, 0.2) is 11.2 Å². The summed E-state index contributed by atoms with van der Waals surface area (Å²) in [5.74, 6) is -0.0341. The van der Waals surface area contributed by atoms with Crippen LogP contribution in [0.15, 0.2) is 9.59 Å². The van der Waals surface area contributed by atoms with Gasteiger partial charge in [-0.15, -0.1) is 0 Å². The normalized spacial score (nSPS) is 12.8. The van der Waals surface area contributed by atoms with Crippen LogP contribution in [-0.2, 0) is 23.1 Å². The molecule has 0 saturated carbocycles. The molecule has 1 atom stereocenters. The molecular formula is C17H23N5O4. The Hall–Kier alpha value is -2.84. The van der Waals surface area contributed by atoms with Crippen LogP contribution in [0.5, 0.6) is 0 Å². The Kier molecular flexibility index (Phi) is 4.25. The number of hydrogen-bond donors (Lipinski definition) is 0. The van der Waals surface area contributed by atoms with Gasteiger partial charge in [0.05, 0.1) is 7.11 Å². The molecule has 0 aromatic carbocycles. The summed E-state index contributed by atoms with van der Waals surface area (Å²) in [4.78, 5) is 42.3. The molecule has 0 N–H and O–H groups in total. The molecule has 0 fully saturated rings. The van der Waals surface area contributed by atoms with Crippen molar-refractivity contribution in [3.05, 3.63) is 32.2 Å². The topological polar surface area (TPSA) is 92.5 Å². The second-order valence-electron chi connectivity index (χ2n) is 6.46. The maximum absolute atomic E-state index is 13.1. The lowest BCUT2D eigenvalue weighted by Gasteiger charge is -2.13. The molecule has 9 heteroatoms. The standard InChI is InChI=1S/C17H23N5O4/c1-7-8-20-9(2)10(3)21-12-13(18-16(20)21)19(5)17(25)22(14(12)23)11(4)15(24)26-6/h11H,7-8H2,1-6H3. The van der Waals surface area contributed by atoms with E-state index in [-0.39, 0.29) is 5.52 Å². The number of rotatable bonds is 4. The Morgan fingerprint density at radius 1 is 1.23 bits per heavy atom. The van der Waals surface area contributed by atoms with Crippen LogP contribution in [0.25, 0.3) is 16.9 Å². The Morgan fingerprint density at radius 2 is 1.88 bits per heavy atom. The van der Waals surface area contributed by atoms with Crippen molar-refractivity contribution in [3.8, 4) is 0 Å². The predicted octanol–water partition coefficient (Wildman–Crippen LogP) is 0.910. The maximum Gasteiger partial charge on any atom is 0.333 e. The van der Waals surface area contributed by atoms with Crippen LogP contribution in [-0.4, -0.2) is 36.2 Å². The predicted molar refractivity (Wildman–Crippen MR) is 96.7 cm³/mol. The molecule has 0 radical (unpaired) electrons. The smallest absolute Gasteiger partial charge is 0.333 e. The lowest BCUT2D eigenvalue weighted by Crippen LogP contribution is -2.43. The van der Waals surface area contributed by atoms with Gasteiger partial charge in [0.1, 0.15) is 6.04 Å². The van der Waals surface area contributed by atoms with Gasteiger partial charge in [0, 0.05) is 25.0 Å². The minimum Gasteiger partial charge on any atom is -0.467 e. The van der Waals surface area contributed by atoms with Crippen LogP contribution < -0.4 is 11.2 Å². The lowest BCUT2D eigenvalue weighted by atomic mass is 10.3. The highest BCUT2D eigenvalue weighted by Gasteiger charge is 2.26. The number of fused-ring (bicyclic) bond motifs is 3. The zero-order valence-electron chi connectivity index (χ0n) is 15.9. The number of aromatic nitrogens is 5. The lowest BCUT2D eigenvalue weighted by molar-refractivity contribution is -0.144. The maximum atomic E-state index is 13.1. The molecule has 0 amide bonds. The van der Waals surface area contributed by atoms with Gasteiger partial charge in [-0.3, -0.25) is 13.8 Å². The monoisotopic (exact) mass is 361 g/mol. The van der Waals surface area contributed by atoms with E-state index in [1.54, 1.807) is 11.4 Å². The van der Waals surface area contributed by atoms with Gasteiger partial charge in [0.2, 0.25) is 5.78 Å². The van der Waals surface area contributed by atoms with Crippen molar-refractivity contribution in [1.82, 2.24) is 23.1 Å². The van der Waals surface area contributed by atoms with Gasteiger partial charge in [-0.2, -0.15) is 4.98 Å². The van der Waals surface area contributed by atoms with Crippen LogP contribution in [0.2, 0.25) is 0 Å². The number of carbonyl (C=O) groups is 1. The molecule has 9 nitrogen and oxygen atoms in total. The summed E-state index contributed by atoms with van der Waals surface area (Å²) in [5.41, 5.74) is 1.33. The molecule has 3 aromatic rings. The third kappa shape index (κ3) is 2.23. The van der Waals surface area contributed by atoms with Crippen molar-refractivity contribution in [3.63, 3.8) is 0 Å². The van der Waals surface area contributed by atoms with E-state index in [1.165, 1.54) is 18.6 Å². The molecule has 140 valence electrons. The van der Waals surface area contributed by atoms with Gasteiger partial charge in [-0.25, -0.2) is 14.2 Å². The molecule has 26 heavy (non-hydrogen) atoms. The van der Waals surface area contributed by atoms with Gasteiger partial charge in [-0.1, -0.05) is 6.92 Å². The SMILES string of the molecule is CCCn1c(C)c(C)n2c3c(=O)n(C(C)C(=O)OC)c(=O)n(C)c3nc12. The minimum absolute atomic E-state index is 0.285. The fraction of sp³-hybridized carbons (Fsp3) is 0.529. The zero-order valence-corrected chi connectivity index (χ0v) is 15.9. The minimum atomic E-state index is -1.03. The van der Waals surface area contributed by atoms with E-state index in [1.807, 2.05) is 18.4 Å². The van der Waals surface area contributed by atoms with Gasteiger partial charge in [0.25, 0.3) is 5.56 Å². The molecule has 0 aliphatic heterocycles. The Labute approximate surface area is 149 Å². The first-order valence-corrected chi connectivity index (χ1v) is 8.53. The Morgan fingerprint density at radius 3 is 2.46 bits per heavy atom. The molecule has 0 spiro atoms. The highest BCUT2D eigenvalue weighted by molar-refractivity contribution is 5.78. The van der Waals surface area contributed by atoms with Crippen molar-refractivity contribution in [1.29, 1.82) is 0 Å². The zero-order chi connectivity index (χ0) is 19.3. The number of nitrogens with zero attached hydrogens (tertiary/aromatic N) is 5. The van der Waals surface area contributed by atoms with E-state index in [4.69, 9.17) is 4.74 Å². The van der Waals surface area contributed by atoms with Crippen LogP contribution in [0.4, 0.5) is 0 Å². The molecule has 0 aliphatic carbocycles. The summed E-state index contributed by atoms with van der Waals surface area (Å²) in [6, 6.07) is -1.03. The number of methoxy groups -OCH3 is 1. The van der Waals surface area contributed by atoms with E-state index >= 15 is 0 Å². The third-order valence-electron chi connectivity index (χ3n) is 4.96. The highest BCUT2D eigenvalue weighted by atomic mass is 16.5. The number of ether oxygens (including phenoxy) is 1. The summed E-state index contributed by atoms with van der Waals surface area (Å²) in [6.07, 6.45) is 0.913. The molecule has 3 heterocycles. The quantitative estimate of drug-likeness (QED) is 0.644. The van der Waals surface area contributed by atoms with Crippen molar-refractivity contribution < 1.29 is 9.53 Å². The molecule has 1 unspecified atom stereocenters. The van der Waals surface area contributed by atoms with Gasteiger partial charge < -0.3 is 9.30 Å². The Balaban J connectivity index is 2.51. The van der Waals surface area contributed by atoms with Crippen molar-refractivity contribution in [2.45, 2.75) is 46.7 Å². The van der Waals surface area contributed by atoms with Crippen LogP contribution in [0, 0.1) is 13.8 Å². The number of aryl methyl sites for hydroxylation is 3. The van der Waals surface area contributed by atoms with E-state index in [2.05, 4.69) is 11.9 Å². The highest BCUT2D eigenvalue weighted by Crippen LogP contribution is 2.21. The first-order valence-electron chi connectivity index (χ1n) is 8.53. The number of imidazole rings is 2. The summed E-state index contributed by atoms with van der Waals surface area (Å²) < 4.78 is 10.7. The second-order valence-corrected chi connectivity index (χ2v) is 6.46. The van der Waals surface area contributed by atoms with Gasteiger partial charge >= 0.3 is 11.7 Å². The fourth-order valence-electron chi connectivity index (χ4n) is 3.39. The molecule has 3 aromatic heterocycles. The average Bonchev–Trinajstić information content (AvgIpc) is 3.11. The van der Waals surface area contributed by atoms with Crippen molar-refractivity contribution in [2.75, 3.05) is 7.11 Å². The van der Waals surface area contributed by atoms with E-state index < -0.39 is 23.3 Å². The number of carbonyl (C=O) groups excluding carboxylic acids is 1. The first-order chi connectivity index (χ1) is 12.3.